The first-order valence-corrected chi connectivity index (χ1v) is 11.9. The molecule has 1 aliphatic carbocycles. The number of hydrogen-bond donors (Lipinski definition) is 2. The number of alkyl halides is 3. The minimum Gasteiger partial charge on any atom is -0.382 e. The third-order valence-electron chi connectivity index (χ3n) is 7.05. The maximum absolute atomic E-state index is 13.3. The van der Waals surface area contributed by atoms with Crippen molar-refractivity contribution in [1.82, 2.24) is 19.5 Å². The molecule has 1 atom stereocenters. The van der Waals surface area contributed by atoms with Gasteiger partial charge in [0.25, 0.3) is 5.56 Å². The number of piperidine rings is 1. The number of halogens is 3. The van der Waals surface area contributed by atoms with E-state index >= 15 is 0 Å². The van der Waals surface area contributed by atoms with Crippen LogP contribution >= 0.6 is 11.8 Å². The second kappa shape index (κ2) is 8.52. The molecule has 184 valence electrons. The van der Waals surface area contributed by atoms with E-state index in [9.17, 15) is 18.0 Å². The van der Waals surface area contributed by atoms with Crippen LogP contribution < -0.4 is 21.9 Å². The molecule has 4 N–H and O–H groups in total. The van der Waals surface area contributed by atoms with E-state index in [0.717, 1.165) is 31.8 Å². The highest BCUT2D eigenvalue weighted by Crippen LogP contribution is 2.51. The van der Waals surface area contributed by atoms with Crippen LogP contribution in [-0.4, -0.2) is 32.6 Å². The van der Waals surface area contributed by atoms with Crippen LogP contribution in [0.2, 0.25) is 0 Å². The molecule has 35 heavy (non-hydrogen) atoms. The Labute approximate surface area is 203 Å². The molecule has 0 amide bonds. The Kier molecular flexibility index (Phi) is 5.75. The SMILES string of the molecule is Cn1c(N2CCC3(CC2)Cc2ccccc2[C@H]3N)nc(N)c(Sc2cncnc2C(F)(F)F)c1=O. The lowest BCUT2D eigenvalue weighted by Crippen LogP contribution is -2.46. The lowest BCUT2D eigenvalue weighted by molar-refractivity contribution is -0.143. The molecule has 1 spiro atoms. The molecule has 3 aromatic rings. The van der Waals surface area contributed by atoms with Crippen molar-refractivity contribution in [1.29, 1.82) is 0 Å². The normalized spacial score (nSPS) is 19.2. The van der Waals surface area contributed by atoms with Crippen molar-refractivity contribution in [2.45, 2.75) is 41.3 Å². The summed E-state index contributed by atoms with van der Waals surface area (Å²) in [6, 6.07) is 8.21. The topological polar surface area (TPSA) is 116 Å². The minimum absolute atomic E-state index is 0.0400. The van der Waals surface area contributed by atoms with Crippen LogP contribution in [0.5, 0.6) is 0 Å². The van der Waals surface area contributed by atoms with Gasteiger partial charge >= 0.3 is 6.18 Å². The number of hydrogen-bond acceptors (Lipinski definition) is 8. The number of nitrogens with zero attached hydrogens (tertiary/aromatic N) is 5. The summed E-state index contributed by atoms with van der Waals surface area (Å²) in [5.74, 6) is 0.256. The van der Waals surface area contributed by atoms with Gasteiger partial charge in [-0.3, -0.25) is 9.36 Å². The second-order valence-electron chi connectivity index (χ2n) is 9.03. The first-order chi connectivity index (χ1) is 16.6. The lowest BCUT2D eigenvalue weighted by atomic mass is 9.73. The fourth-order valence-corrected chi connectivity index (χ4v) is 6.11. The Bertz CT molecular complexity index is 1340. The van der Waals surface area contributed by atoms with Crippen LogP contribution in [0.25, 0.3) is 0 Å². The van der Waals surface area contributed by atoms with E-state index in [1.807, 2.05) is 17.0 Å². The van der Waals surface area contributed by atoms with Gasteiger partial charge in [-0.05, 0) is 35.8 Å². The Morgan fingerprint density at radius 1 is 1.20 bits per heavy atom. The first-order valence-electron chi connectivity index (χ1n) is 11.1. The van der Waals surface area contributed by atoms with Crippen LogP contribution in [0.3, 0.4) is 0 Å². The van der Waals surface area contributed by atoms with Crippen LogP contribution in [0.15, 0.2) is 51.4 Å². The molecule has 8 nitrogen and oxygen atoms in total. The third-order valence-corrected chi connectivity index (χ3v) is 8.15. The summed E-state index contributed by atoms with van der Waals surface area (Å²) in [6.07, 6.45) is -0.295. The zero-order valence-corrected chi connectivity index (χ0v) is 19.7. The molecule has 0 bridgehead atoms. The summed E-state index contributed by atoms with van der Waals surface area (Å²) in [7, 11) is 1.54. The van der Waals surface area contributed by atoms with Crippen molar-refractivity contribution in [3.8, 4) is 0 Å². The second-order valence-corrected chi connectivity index (χ2v) is 10.1. The number of benzene rings is 1. The van der Waals surface area contributed by atoms with E-state index in [1.54, 1.807) is 7.05 Å². The molecule has 2 aliphatic rings. The Balaban J connectivity index is 1.39. The molecule has 1 aliphatic heterocycles. The van der Waals surface area contributed by atoms with Gasteiger partial charge in [-0.25, -0.2) is 9.97 Å². The highest BCUT2D eigenvalue weighted by molar-refractivity contribution is 7.99. The largest absolute Gasteiger partial charge is 0.434 e. The van der Waals surface area contributed by atoms with E-state index in [1.165, 1.54) is 15.7 Å². The molecule has 2 aromatic heterocycles. The molecule has 0 radical (unpaired) electrons. The highest BCUT2D eigenvalue weighted by Gasteiger charge is 2.46. The summed E-state index contributed by atoms with van der Waals surface area (Å²) in [5, 5.41) is 0. The van der Waals surface area contributed by atoms with Crippen molar-refractivity contribution in [2.24, 2.45) is 18.2 Å². The summed E-state index contributed by atoms with van der Waals surface area (Å²) >= 11 is 0.571. The third kappa shape index (κ3) is 4.04. The van der Waals surface area contributed by atoms with Gasteiger partial charge in [0, 0.05) is 32.4 Å². The smallest absolute Gasteiger partial charge is 0.382 e. The van der Waals surface area contributed by atoms with Crippen LogP contribution in [0.1, 0.15) is 35.7 Å². The average molecular weight is 504 g/mol. The van der Waals surface area contributed by atoms with Gasteiger partial charge in [0.1, 0.15) is 17.0 Å². The van der Waals surface area contributed by atoms with E-state index < -0.39 is 17.4 Å². The van der Waals surface area contributed by atoms with Crippen molar-refractivity contribution < 1.29 is 13.2 Å². The van der Waals surface area contributed by atoms with Crippen molar-refractivity contribution in [3.05, 3.63) is 64.0 Å². The molecular weight excluding hydrogens is 479 g/mol. The van der Waals surface area contributed by atoms with Crippen LogP contribution in [-0.2, 0) is 19.6 Å². The monoisotopic (exact) mass is 503 g/mol. The number of nitrogens with two attached hydrogens (primary N) is 2. The first kappa shape index (κ1) is 23.6. The van der Waals surface area contributed by atoms with Crippen LogP contribution in [0, 0.1) is 5.41 Å². The maximum atomic E-state index is 13.3. The van der Waals surface area contributed by atoms with Crippen molar-refractivity contribution in [3.63, 3.8) is 0 Å². The lowest BCUT2D eigenvalue weighted by Gasteiger charge is -2.42. The van der Waals surface area contributed by atoms with Crippen LogP contribution in [0.4, 0.5) is 24.9 Å². The minimum atomic E-state index is -4.69. The molecule has 12 heteroatoms. The molecule has 1 saturated heterocycles. The van der Waals surface area contributed by atoms with E-state index in [0.29, 0.717) is 30.8 Å². The van der Waals surface area contributed by atoms with Gasteiger partial charge in [-0.2, -0.15) is 18.2 Å². The molecule has 5 rings (SSSR count). The highest BCUT2D eigenvalue weighted by atomic mass is 32.2. The van der Waals surface area contributed by atoms with Crippen molar-refractivity contribution in [2.75, 3.05) is 23.7 Å². The summed E-state index contributed by atoms with van der Waals surface area (Å²) in [6.45, 7) is 1.28. The molecule has 1 aromatic carbocycles. The standard InChI is InChI=1S/C23H24F3N7OS/c1-32-20(34)16(35-15-11-29-12-30-18(15)23(24,25)26)19(28)31-21(32)33-8-6-22(7-9-33)10-13-4-2-3-5-14(13)17(22)27/h2-5,11-12,17H,6-10,27-28H2,1H3/t17-/m1/s1. The van der Waals surface area contributed by atoms with E-state index in [-0.39, 0.29) is 27.1 Å². The summed E-state index contributed by atoms with van der Waals surface area (Å²) in [5.41, 5.74) is 13.5. The van der Waals surface area contributed by atoms with E-state index in [4.69, 9.17) is 11.5 Å². The fourth-order valence-electron chi connectivity index (χ4n) is 5.14. The Hall–Kier alpha value is -3.12. The molecule has 1 fully saturated rings. The van der Waals surface area contributed by atoms with Crippen molar-refractivity contribution >= 4 is 23.5 Å². The molecule has 3 heterocycles. The van der Waals surface area contributed by atoms with Gasteiger partial charge in [0.2, 0.25) is 5.95 Å². The zero-order valence-electron chi connectivity index (χ0n) is 18.9. The fraction of sp³-hybridized carbons (Fsp3) is 0.391. The number of fused-ring (bicyclic) bond motifs is 1. The van der Waals surface area contributed by atoms with Gasteiger partial charge in [0.15, 0.2) is 5.69 Å². The van der Waals surface area contributed by atoms with Gasteiger partial charge in [0.05, 0.1) is 4.90 Å². The summed E-state index contributed by atoms with van der Waals surface area (Å²) in [4.78, 5) is 26.1. The predicted molar refractivity (Wildman–Crippen MR) is 126 cm³/mol. The van der Waals surface area contributed by atoms with E-state index in [2.05, 4.69) is 27.1 Å². The molecule has 0 unspecified atom stereocenters. The number of aromatic nitrogens is 4. The summed E-state index contributed by atoms with van der Waals surface area (Å²) < 4.78 is 41.3. The maximum Gasteiger partial charge on any atom is 0.434 e. The molecular formula is C23H24F3N7OS. The Morgan fingerprint density at radius 2 is 1.91 bits per heavy atom. The zero-order chi connectivity index (χ0) is 25.0. The number of rotatable bonds is 3. The Morgan fingerprint density at radius 3 is 2.60 bits per heavy atom. The average Bonchev–Trinajstić information content (AvgIpc) is 3.10. The molecule has 0 saturated carbocycles. The van der Waals surface area contributed by atoms with Gasteiger partial charge in [-0.15, -0.1) is 0 Å². The number of nitrogen functional groups attached to an aromatic ring is 1. The van der Waals surface area contributed by atoms with Gasteiger partial charge < -0.3 is 16.4 Å². The quantitative estimate of drug-likeness (QED) is 0.560. The van der Waals surface area contributed by atoms with Gasteiger partial charge in [-0.1, -0.05) is 36.0 Å². The number of anilines is 2. The predicted octanol–water partition coefficient (Wildman–Crippen LogP) is 3.17.